The van der Waals surface area contributed by atoms with Gasteiger partial charge in [0, 0.05) is 35.5 Å². The third-order valence-corrected chi connectivity index (χ3v) is 6.01. The van der Waals surface area contributed by atoms with Crippen molar-refractivity contribution in [2.24, 2.45) is 5.92 Å². The second-order valence-electron chi connectivity index (χ2n) is 8.38. The summed E-state index contributed by atoms with van der Waals surface area (Å²) in [6, 6.07) is 11.3. The molecule has 0 spiro atoms. The predicted octanol–water partition coefficient (Wildman–Crippen LogP) is 6.43. The molecule has 0 saturated carbocycles. The second-order valence-corrected chi connectivity index (χ2v) is 8.38. The van der Waals surface area contributed by atoms with Crippen LogP contribution in [0, 0.1) is 5.92 Å². The molecular weight excluding hydrogens is 401 g/mol. The average molecular weight is 431 g/mol. The van der Waals surface area contributed by atoms with Gasteiger partial charge < -0.3 is 10.3 Å². The van der Waals surface area contributed by atoms with Crippen LogP contribution >= 0.6 is 0 Å². The Morgan fingerprint density at radius 2 is 1.74 bits per heavy atom. The van der Waals surface area contributed by atoms with Crippen molar-refractivity contribution < 1.29 is 18.0 Å². The number of alkyl halides is 3. The third-order valence-electron chi connectivity index (χ3n) is 6.01. The number of aromatic amines is 1. The maximum Gasteiger partial charge on any atom is 0.416 e. The summed E-state index contributed by atoms with van der Waals surface area (Å²) in [5, 5.41) is 3.79. The Morgan fingerprint density at radius 1 is 1.03 bits per heavy atom. The fourth-order valence-electron chi connectivity index (χ4n) is 3.93. The SMILES string of the molecule is CCc1cccc2c(C(CC(=O)NC(C)C(C)C)c3ccccc3C(F)(F)F)c[nH]c12. The van der Waals surface area contributed by atoms with Crippen LogP contribution in [0.2, 0.25) is 0 Å². The minimum absolute atomic E-state index is 0.0620. The van der Waals surface area contributed by atoms with Gasteiger partial charge in [-0.25, -0.2) is 0 Å². The molecule has 166 valence electrons. The van der Waals surface area contributed by atoms with Crippen LogP contribution in [-0.2, 0) is 17.4 Å². The Labute approximate surface area is 181 Å². The number of halogens is 3. The number of fused-ring (bicyclic) bond motifs is 1. The zero-order chi connectivity index (χ0) is 22.8. The van der Waals surface area contributed by atoms with E-state index in [1.54, 1.807) is 12.3 Å². The summed E-state index contributed by atoms with van der Waals surface area (Å²) in [4.78, 5) is 16.1. The Bertz CT molecular complexity index is 1050. The first kappa shape index (κ1) is 22.9. The molecule has 1 aromatic heterocycles. The van der Waals surface area contributed by atoms with Gasteiger partial charge in [0.05, 0.1) is 5.56 Å². The molecule has 3 aromatic rings. The van der Waals surface area contributed by atoms with E-state index >= 15 is 0 Å². The van der Waals surface area contributed by atoms with Crippen molar-refractivity contribution >= 4 is 16.8 Å². The lowest BCUT2D eigenvalue weighted by Crippen LogP contribution is -2.37. The molecule has 0 bridgehead atoms. The zero-order valence-corrected chi connectivity index (χ0v) is 18.3. The lowest BCUT2D eigenvalue weighted by atomic mass is 9.84. The summed E-state index contributed by atoms with van der Waals surface area (Å²) in [6.07, 6.45) is -2.01. The van der Waals surface area contributed by atoms with E-state index in [4.69, 9.17) is 0 Å². The van der Waals surface area contributed by atoms with Crippen LogP contribution in [0.25, 0.3) is 10.9 Å². The van der Waals surface area contributed by atoms with Crippen LogP contribution in [0.3, 0.4) is 0 Å². The first-order valence-electron chi connectivity index (χ1n) is 10.7. The number of rotatable bonds is 7. The van der Waals surface area contributed by atoms with Crippen molar-refractivity contribution in [1.29, 1.82) is 0 Å². The highest BCUT2D eigenvalue weighted by Gasteiger charge is 2.36. The smallest absolute Gasteiger partial charge is 0.361 e. The van der Waals surface area contributed by atoms with E-state index in [-0.39, 0.29) is 29.9 Å². The highest BCUT2D eigenvalue weighted by molar-refractivity contribution is 5.88. The van der Waals surface area contributed by atoms with Crippen LogP contribution in [0.5, 0.6) is 0 Å². The molecule has 2 atom stereocenters. The van der Waals surface area contributed by atoms with E-state index in [1.165, 1.54) is 12.1 Å². The maximum atomic E-state index is 13.8. The quantitative estimate of drug-likeness (QED) is 0.446. The van der Waals surface area contributed by atoms with Gasteiger partial charge in [-0.15, -0.1) is 0 Å². The predicted molar refractivity (Wildman–Crippen MR) is 118 cm³/mol. The number of hydrogen-bond donors (Lipinski definition) is 2. The molecule has 0 aliphatic carbocycles. The molecule has 0 aliphatic rings. The summed E-state index contributed by atoms with van der Waals surface area (Å²) < 4.78 is 41.5. The Hall–Kier alpha value is -2.76. The normalized spacial score (nSPS) is 14.1. The van der Waals surface area contributed by atoms with Gasteiger partial charge in [-0.05, 0) is 42.0 Å². The van der Waals surface area contributed by atoms with Crippen LogP contribution in [0.1, 0.15) is 62.3 Å². The second kappa shape index (κ2) is 9.16. The number of hydrogen-bond acceptors (Lipinski definition) is 1. The molecule has 0 radical (unpaired) electrons. The first-order chi connectivity index (χ1) is 14.6. The van der Waals surface area contributed by atoms with Gasteiger partial charge in [-0.3, -0.25) is 4.79 Å². The summed E-state index contributed by atoms with van der Waals surface area (Å²) >= 11 is 0. The minimum Gasteiger partial charge on any atom is -0.361 e. The van der Waals surface area contributed by atoms with Gasteiger partial charge >= 0.3 is 6.18 Å². The molecule has 0 fully saturated rings. The molecule has 2 aromatic carbocycles. The van der Waals surface area contributed by atoms with Gasteiger partial charge in [-0.1, -0.05) is 57.2 Å². The Morgan fingerprint density at radius 3 is 2.39 bits per heavy atom. The number of H-pyrrole nitrogens is 1. The van der Waals surface area contributed by atoms with Crippen molar-refractivity contribution in [2.45, 2.75) is 58.7 Å². The standard InChI is InChI=1S/C25H29F3N2O/c1-5-17-9-8-11-19-21(14-29-24(17)19)20(13-23(31)30-16(4)15(2)3)18-10-6-7-12-22(18)25(26,27)28/h6-12,14-16,20,29H,5,13H2,1-4H3,(H,30,31). The lowest BCUT2D eigenvalue weighted by molar-refractivity contribution is -0.138. The van der Waals surface area contributed by atoms with E-state index in [2.05, 4.69) is 10.3 Å². The van der Waals surface area contributed by atoms with Crippen molar-refractivity contribution in [3.05, 3.63) is 70.9 Å². The summed E-state index contributed by atoms with van der Waals surface area (Å²) in [5.41, 5.74) is 2.11. The largest absolute Gasteiger partial charge is 0.416 e. The number of amides is 1. The van der Waals surface area contributed by atoms with Gasteiger partial charge in [0.15, 0.2) is 0 Å². The van der Waals surface area contributed by atoms with Gasteiger partial charge in [0.1, 0.15) is 0 Å². The Balaban J connectivity index is 2.12. The van der Waals surface area contributed by atoms with Crippen molar-refractivity contribution in [2.75, 3.05) is 0 Å². The summed E-state index contributed by atoms with van der Waals surface area (Å²) in [6.45, 7) is 7.92. The maximum absolute atomic E-state index is 13.8. The number of aromatic nitrogens is 1. The molecule has 31 heavy (non-hydrogen) atoms. The lowest BCUT2D eigenvalue weighted by Gasteiger charge is -2.23. The number of aryl methyl sites for hydroxylation is 1. The fraction of sp³-hybridized carbons (Fsp3) is 0.400. The highest BCUT2D eigenvalue weighted by atomic mass is 19.4. The molecule has 3 nitrogen and oxygen atoms in total. The Kier molecular flexibility index (Phi) is 6.77. The number of benzene rings is 2. The molecule has 0 aliphatic heterocycles. The molecule has 2 N–H and O–H groups in total. The van der Waals surface area contributed by atoms with E-state index in [9.17, 15) is 18.0 Å². The number of nitrogens with one attached hydrogen (secondary N) is 2. The van der Waals surface area contributed by atoms with Crippen LogP contribution < -0.4 is 5.32 Å². The molecule has 2 unspecified atom stereocenters. The summed E-state index contributed by atoms with van der Waals surface area (Å²) in [5.74, 6) is -0.757. The monoisotopic (exact) mass is 430 g/mol. The van der Waals surface area contributed by atoms with E-state index in [1.807, 2.05) is 45.9 Å². The summed E-state index contributed by atoms with van der Waals surface area (Å²) in [7, 11) is 0. The fourth-order valence-corrected chi connectivity index (χ4v) is 3.93. The topological polar surface area (TPSA) is 44.9 Å². The van der Waals surface area contributed by atoms with Crippen molar-refractivity contribution in [1.82, 2.24) is 10.3 Å². The molecule has 3 rings (SSSR count). The average Bonchev–Trinajstić information content (AvgIpc) is 3.15. The number of para-hydroxylation sites is 1. The minimum atomic E-state index is -4.50. The number of carbonyl (C=O) groups is 1. The van der Waals surface area contributed by atoms with Crippen LogP contribution in [-0.4, -0.2) is 16.9 Å². The van der Waals surface area contributed by atoms with E-state index in [0.717, 1.165) is 29.0 Å². The van der Waals surface area contributed by atoms with Gasteiger partial charge in [-0.2, -0.15) is 13.2 Å². The van der Waals surface area contributed by atoms with Crippen LogP contribution in [0.4, 0.5) is 13.2 Å². The molecule has 6 heteroatoms. The molecule has 1 amide bonds. The van der Waals surface area contributed by atoms with Crippen LogP contribution in [0.15, 0.2) is 48.7 Å². The molecule has 0 saturated heterocycles. The van der Waals surface area contributed by atoms with Gasteiger partial charge in [0.25, 0.3) is 0 Å². The van der Waals surface area contributed by atoms with Crippen molar-refractivity contribution in [3.8, 4) is 0 Å². The third kappa shape index (κ3) is 4.94. The zero-order valence-electron chi connectivity index (χ0n) is 18.3. The van der Waals surface area contributed by atoms with E-state index < -0.39 is 17.7 Å². The molecule has 1 heterocycles. The first-order valence-corrected chi connectivity index (χ1v) is 10.7. The van der Waals surface area contributed by atoms with Crippen molar-refractivity contribution in [3.63, 3.8) is 0 Å². The number of carbonyl (C=O) groups excluding carboxylic acids is 1. The highest BCUT2D eigenvalue weighted by Crippen LogP contribution is 2.41. The van der Waals surface area contributed by atoms with E-state index in [0.29, 0.717) is 5.56 Å². The van der Waals surface area contributed by atoms with Gasteiger partial charge in [0.2, 0.25) is 5.91 Å². The molecular formula is C25H29F3N2O.